The largest absolute Gasteiger partial charge is 0.302 e. The summed E-state index contributed by atoms with van der Waals surface area (Å²) in [7, 11) is 0. The van der Waals surface area contributed by atoms with Crippen LogP contribution in [0.5, 0.6) is 0 Å². The van der Waals surface area contributed by atoms with Gasteiger partial charge in [0.2, 0.25) is 0 Å². The van der Waals surface area contributed by atoms with Crippen molar-refractivity contribution in [3.8, 4) is 0 Å². The van der Waals surface area contributed by atoms with Gasteiger partial charge in [0.05, 0.1) is 6.20 Å². The SMILES string of the molecule is CC(NC(c1cccs1)C(C)C)c1cncc(F)c1. The van der Waals surface area contributed by atoms with Crippen molar-refractivity contribution in [2.24, 2.45) is 5.92 Å². The number of halogens is 1. The fourth-order valence-corrected chi connectivity index (χ4v) is 3.06. The minimum atomic E-state index is -0.289. The number of nitrogens with zero attached hydrogens (tertiary/aromatic N) is 1. The van der Waals surface area contributed by atoms with E-state index in [1.54, 1.807) is 17.5 Å². The summed E-state index contributed by atoms with van der Waals surface area (Å²) in [6.45, 7) is 6.42. The Kier molecular flexibility index (Phi) is 4.66. The van der Waals surface area contributed by atoms with Crippen molar-refractivity contribution in [2.45, 2.75) is 32.9 Å². The van der Waals surface area contributed by atoms with E-state index in [9.17, 15) is 4.39 Å². The number of aromatic nitrogens is 1. The van der Waals surface area contributed by atoms with Gasteiger partial charge < -0.3 is 5.32 Å². The maximum atomic E-state index is 13.2. The van der Waals surface area contributed by atoms with Crippen molar-refractivity contribution in [1.29, 1.82) is 0 Å². The minimum absolute atomic E-state index is 0.0673. The molecule has 2 rings (SSSR count). The van der Waals surface area contributed by atoms with Crippen LogP contribution in [0.1, 0.15) is 43.3 Å². The Morgan fingerprint density at radius 1 is 1.26 bits per heavy atom. The molecule has 2 nitrogen and oxygen atoms in total. The third kappa shape index (κ3) is 3.61. The first kappa shape index (κ1) is 14.2. The van der Waals surface area contributed by atoms with Crippen LogP contribution in [0.25, 0.3) is 0 Å². The molecule has 0 saturated carbocycles. The topological polar surface area (TPSA) is 24.9 Å². The van der Waals surface area contributed by atoms with Crippen LogP contribution in [-0.2, 0) is 0 Å². The zero-order valence-electron chi connectivity index (χ0n) is 11.4. The van der Waals surface area contributed by atoms with E-state index in [0.29, 0.717) is 5.92 Å². The van der Waals surface area contributed by atoms with Crippen molar-refractivity contribution in [1.82, 2.24) is 10.3 Å². The number of thiophene rings is 1. The predicted octanol–water partition coefficient (Wildman–Crippen LogP) is 4.33. The normalized spacial score (nSPS) is 14.6. The van der Waals surface area contributed by atoms with Gasteiger partial charge in [-0.05, 0) is 35.9 Å². The first-order valence-corrected chi connectivity index (χ1v) is 7.35. The van der Waals surface area contributed by atoms with Crippen LogP contribution in [0.4, 0.5) is 4.39 Å². The third-order valence-corrected chi connectivity index (χ3v) is 4.13. The van der Waals surface area contributed by atoms with Crippen molar-refractivity contribution in [3.63, 3.8) is 0 Å². The Balaban J connectivity index is 2.14. The molecule has 4 heteroatoms. The molecule has 2 aromatic rings. The Labute approximate surface area is 117 Å². The Hall–Kier alpha value is -1.26. The number of hydrogen-bond donors (Lipinski definition) is 1. The molecule has 0 aromatic carbocycles. The van der Waals surface area contributed by atoms with Gasteiger partial charge in [0.25, 0.3) is 0 Å². The minimum Gasteiger partial charge on any atom is -0.302 e. The van der Waals surface area contributed by atoms with E-state index in [0.717, 1.165) is 5.56 Å². The summed E-state index contributed by atoms with van der Waals surface area (Å²) in [5.41, 5.74) is 0.877. The van der Waals surface area contributed by atoms with Crippen LogP contribution in [0.15, 0.2) is 36.0 Å². The molecular formula is C15H19FN2S. The fourth-order valence-electron chi connectivity index (χ4n) is 2.10. The molecule has 0 bridgehead atoms. The molecule has 1 N–H and O–H groups in total. The molecule has 0 fully saturated rings. The first-order chi connectivity index (χ1) is 9.08. The summed E-state index contributed by atoms with van der Waals surface area (Å²) in [6, 6.07) is 6.08. The molecule has 2 aromatic heterocycles. The average Bonchev–Trinajstić information content (AvgIpc) is 2.88. The second-order valence-electron chi connectivity index (χ2n) is 5.06. The molecular weight excluding hydrogens is 259 g/mol. The van der Waals surface area contributed by atoms with E-state index in [-0.39, 0.29) is 17.9 Å². The van der Waals surface area contributed by atoms with Crippen LogP contribution in [-0.4, -0.2) is 4.98 Å². The standard InChI is InChI=1S/C15H19FN2S/c1-10(2)15(14-5-4-6-19-14)18-11(3)12-7-13(16)9-17-8-12/h4-11,15,18H,1-3H3. The lowest BCUT2D eigenvalue weighted by Crippen LogP contribution is -2.28. The predicted molar refractivity (Wildman–Crippen MR) is 77.6 cm³/mol. The van der Waals surface area contributed by atoms with E-state index in [4.69, 9.17) is 0 Å². The summed E-state index contributed by atoms with van der Waals surface area (Å²) in [5.74, 6) is 0.186. The molecule has 2 atom stereocenters. The Morgan fingerprint density at radius 3 is 2.63 bits per heavy atom. The van der Waals surface area contributed by atoms with E-state index in [1.807, 2.05) is 6.92 Å². The molecule has 0 saturated heterocycles. The maximum absolute atomic E-state index is 13.2. The molecule has 0 aliphatic rings. The summed E-state index contributed by atoms with van der Waals surface area (Å²) in [4.78, 5) is 5.22. The lowest BCUT2D eigenvalue weighted by Gasteiger charge is -2.25. The van der Waals surface area contributed by atoms with Gasteiger partial charge in [-0.3, -0.25) is 4.98 Å². The summed E-state index contributed by atoms with van der Waals surface area (Å²) >= 11 is 1.75. The zero-order valence-corrected chi connectivity index (χ0v) is 12.2. The van der Waals surface area contributed by atoms with Gasteiger partial charge in [0.1, 0.15) is 5.82 Å². The molecule has 102 valence electrons. The highest BCUT2D eigenvalue weighted by Gasteiger charge is 2.19. The van der Waals surface area contributed by atoms with Crippen molar-refractivity contribution in [2.75, 3.05) is 0 Å². The highest BCUT2D eigenvalue weighted by molar-refractivity contribution is 7.10. The van der Waals surface area contributed by atoms with Gasteiger partial charge in [-0.2, -0.15) is 0 Å². The second kappa shape index (κ2) is 6.26. The third-order valence-electron chi connectivity index (χ3n) is 3.17. The molecule has 2 heterocycles. The highest BCUT2D eigenvalue weighted by atomic mass is 32.1. The van der Waals surface area contributed by atoms with Gasteiger partial charge in [0, 0.05) is 23.2 Å². The second-order valence-corrected chi connectivity index (χ2v) is 6.04. The van der Waals surface area contributed by atoms with Crippen molar-refractivity contribution < 1.29 is 4.39 Å². The van der Waals surface area contributed by atoms with Crippen LogP contribution in [0.2, 0.25) is 0 Å². The summed E-state index contributed by atoms with van der Waals surface area (Å²) in [6.07, 6.45) is 2.95. The highest BCUT2D eigenvalue weighted by Crippen LogP contribution is 2.28. The molecule has 0 amide bonds. The number of hydrogen-bond acceptors (Lipinski definition) is 3. The summed E-state index contributed by atoms with van der Waals surface area (Å²) < 4.78 is 13.2. The molecule has 0 aliphatic heterocycles. The number of pyridine rings is 1. The van der Waals surface area contributed by atoms with Gasteiger partial charge in [-0.15, -0.1) is 11.3 Å². The summed E-state index contributed by atoms with van der Waals surface area (Å²) in [5, 5.41) is 5.65. The lowest BCUT2D eigenvalue weighted by atomic mass is 10.0. The van der Waals surface area contributed by atoms with Gasteiger partial charge in [-0.25, -0.2) is 4.39 Å². The van der Waals surface area contributed by atoms with Gasteiger partial charge in [0.15, 0.2) is 0 Å². The van der Waals surface area contributed by atoms with Crippen LogP contribution in [0.3, 0.4) is 0 Å². The van der Waals surface area contributed by atoms with Gasteiger partial charge in [-0.1, -0.05) is 19.9 Å². The molecule has 19 heavy (non-hydrogen) atoms. The van der Waals surface area contributed by atoms with Gasteiger partial charge >= 0.3 is 0 Å². The van der Waals surface area contributed by atoms with E-state index < -0.39 is 0 Å². The Morgan fingerprint density at radius 2 is 2.05 bits per heavy atom. The molecule has 0 radical (unpaired) electrons. The quantitative estimate of drug-likeness (QED) is 0.880. The monoisotopic (exact) mass is 278 g/mol. The lowest BCUT2D eigenvalue weighted by molar-refractivity contribution is 0.378. The first-order valence-electron chi connectivity index (χ1n) is 6.48. The number of rotatable bonds is 5. The molecule has 0 aliphatic carbocycles. The smallest absolute Gasteiger partial charge is 0.141 e. The van der Waals surface area contributed by atoms with E-state index >= 15 is 0 Å². The zero-order chi connectivity index (χ0) is 13.8. The van der Waals surface area contributed by atoms with Crippen LogP contribution in [0, 0.1) is 11.7 Å². The number of nitrogens with one attached hydrogen (secondary N) is 1. The molecule has 2 unspecified atom stereocenters. The van der Waals surface area contributed by atoms with Crippen LogP contribution < -0.4 is 5.32 Å². The fraction of sp³-hybridized carbons (Fsp3) is 0.400. The average molecular weight is 278 g/mol. The van der Waals surface area contributed by atoms with Crippen molar-refractivity contribution >= 4 is 11.3 Å². The molecule has 0 spiro atoms. The van der Waals surface area contributed by atoms with Crippen molar-refractivity contribution in [3.05, 3.63) is 52.2 Å². The maximum Gasteiger partial charge on any atom is 0.141 e. The van der Waals surface area contributed by atoms with E-state index in [2.05, 4.69) is 41.7 Å². The van der Waals surface area contributed by atoms with E-state index in [1.165, 1.54) is 17.1 Å². The van der Waals surface area contributed by atoms with Crippen LogP contribution >= 0.6 is 11.3 Å². The Bertz CT molecular complexity index is 511.